The third-order valence-electron chi connectivity index (χ3n) is 2.18. The number of hydrogen-bond acceptors (Lipinski definition) is 2. The predicted octanol–water partition coefficient (Wildman–Crippen LogP) is 3.96. The second kappa shape index (κ2) is 4.80. The minimum absolute atomic E-state index is 1.14. The van der Waals surface area contributed by atoms with E-state index in [4.69, 9.17) is 0 Å². The molecule has 0 aliphatic carbocycles. The molecule has 1 heterocycles. The summed E-state index contributed by atoms with van der Waals surface area (Å²) < 4.78 is 0. The molecule has 2 rings (SSSR count). The van der Waals surface area contributed by atoms with E-state index in [0.29, 0.717) is 0 Å². The van der Waals surface area contributed by atoms with Gasteiger partial charge in [-0.15, -0.1) is 11.3 Å². The lowest BCUT2D eigenvalue weighted by molar-refractivity contribution is 1.51. The smallest absolute Gasteiger partial charge is 0.0337 e. The molecule has 1 aromatic heterocycles. The summed E-state index contributed by atoms with van der Waals surface area (Å²) in [5.74, 6) is 0. The van der Waals surface area contributed by atoms with Crippen LogP contribution in [-0.4, -0.2) is 7.05 Å². The largest absolute Gasteiger partial charge is 0.388 e. The van der Waals surface area contributed by atoms with Crippen molar-refractivity contribution in [3.05, 3.63) is 52.2 Å². The van der Waals surface area contributed by atoms with Gasteiger partial charge in [0.1, 0.15) is 0 Å². The van der Waals surface area contributed by atoms with E-state index in [9.17, 15) is 0 Å². The summed E-state index contributed by atoms with van der Waals surface area (Å²) in [4.78, 5) is 1.28. The van der Waals surface area contributed by atoms with Crippen LogP contribution in [0.2, 0.25) is 0 Å². The standard InChI is InChI=1S/C13H13NS/c1-14-12-7-4-11(5-8-12)6-9-13-3-2-10-15-13/h2-10,14H,1H3/b9-6+. The Morgan fingerprint density at radius 2 is 1.87 bits per heavy atom. The fourth-order valence-electron chi connectivity index (χ4n) is 1.33. The maximum Gasteiger partial charge on any atom is 0.0337 e. The number of rotatable bonds is 3. The highest BCUT2D eigenvalue weighted by Gasteiger charge is 1.89. The summed E-state index contributed by atoms with van der Waals surface area (Å²) in [7, 11) is 1.93. The molecule has 0 radical (unpaired) electrons. The van der Waals surface area contributed by atoms with Crippen LogP contribution >= 0.6 is 11.3 Å². The van der Waals surface area contributed by atoms with Crippen LogP contribution in [0.5, 0.6) is 0 Å². The molecule has 1 aromatic carbocycles. The normalized spacial score (nSPS) is 10.7. The van der Waals surface area contributed by atoms with Crippen LogP contribution < -0.4 is 5.32 Å². The van der Waals surface area contributed by atoms with E-state index in [1.807, 2.05) is 7.05 Å². The third-order valence-corrected chi connectivity index (χ3v) is 3.02. The van der Waals surface area contributed by atoms with Gasteiger partial charge in [-0.1, -0.05) is 24.3 Å². The Morgan fingerprint density at radius 1 is 1.07 bits per heavy atom. The van der Waals surface area contributed by atoms with Crippen molar-refractivity contribution in [2.45, 2.75) is 0 Å². The van der Waals surface area contributed by atoms with Crippen LogP contribution in [0, 0.1) is 0 Å². The zero-order chi connectivity index (χ0) is 10.5. The Labute approximate surface area is 94.1 Å². The van der Waals surface area contributed by atoms with Crippen molar-refractivity contribution >= 4 is 29.2 Å². The summed E-state index contributed by atoms with van der Waals surface area (Å²) in [6.45, 7) is 0. The lowest BCUT2D eigenvalue weighted by atomic mass is 10.2. The van der Waals surface area contributed by atoms with Crippen molar-refractivity contribution in [2.24, 2.45) is 0 Å². The van der Waals surface area contributed by atoms with Crippen molar-refractivity contribution in [1.82, 2.24) is 0 Å². The fraction of sp³-hybridized carbons (Fsp3) is 0.0769. The minimum atomic E-state index is 1.14. The zero-order valence-electron chi connectivity index (χ0n) is 8.60. The molecule has 0 atom stereocenters. The van der Waals surface area contributed by atoms with Gasteiger partial charge in [-0.05, 0) is 35.2 Å². The van der Waals surface area contributed by atoms with Gasteiger partial charge >= 0.3 is 0 Å². The van der Waals surface area contributed by atoms with Gasteiger partial charge in [0.25, 0.3) is 0 Å². The molecule has 15 heavy (non-hydrogen) atoms. The molecule has 1 nitrogen and oxygen atoms in total. The highest BCUT2D eigenvalue weighted by molar-refractivity contribution is 7.10. The molecule has 0 fully saturated rings. The van der Waals surface area contributed by atoms with Crippen molar-refractivity contribution in [2.75, 3.05) is 12.4 Å². The number of nitrogens with one attached hydrogen (secondary N) is 1. The first-order chi connectivity index (χ1) is 7.38. The minimum Gasteiger partial charge on any atom is -0.388 e. The zero-order valence-corrected chi connectivity index (χ0v) is 9.42. The Morgan fingerprint density at radius 3 is 2.47 bits per heavy atom. The molecule has 0 aliphatic rings. The Balaban J connectivity index is 2.11. The van der Waals surface area contributed by atoms with Gasteiger partial charge in [0.2, 0.25) is 0 Å². The molecule has 0 saturated carbocycles. The second-order valence-electron chi connectivity index (χ2n) is 3.22. The Hall–Kier alpha value is -1.54. The van der Waals surface area contributed by atoms with Crippen LogP contribution in [0.4, 0.5) is 5.69 Å². The first-order valence-electron chi connectivity index (χ1n) is 4.88. The van der Waals surface area contributed by atoms with Crippen molar-refractivity contribution in [3.8, 4) is 0 Å². The average molecular weight is 215 g/mol. The molecule has 0 unspecified atom stereocenters. The number of hydrogen-bond donors (Lipinski definition) is 1. The molecule has 0 bridgehead atoms. The predicted molar refractivity (Wildman–Crippen MR) is 69.2 cm³/mol. The molecule has 0 spiro atoms. The summed E-state index contributed by atoms with van der Waals surface area (Å²) in [5.41, 5.74) is 2.37. The Kier molecular flexibility index (Phi) is 3.20. The van der Waals surface area contributed by atoms with E-state index in [2.05, 4.69) is 59.2 Å². The fourth-order valence-corrected chi connectivity index (χ4v) is 1.94. The highest BCUT2D eigenvalue weighted by atomic mass is 32.1. The quantitative estimate of drug-likeness (QED) is 0.817. The second-order valence-corrected chi connectivity index (χ2v) is 4.20. The van der Waals surface area contributed by atoms with Crippen molar-refractivity contribution < 1.29 is 0 Å². The van der Waals surface area contributed by atoms with Gasteiger partial charge in [-0.3, -0.25) is 0 Å². The maximum atomic E-state index is 3.10. The van der Waals surface area contributed by atoms with Gasteiger partial charge in [0.05, 0.1) is 0 Å². The van der Waals surface area contributed by atoms with E-state index in [1.54, 1.807) is 11.3 Å². The van der Waals surface area contributed by atoms with Crippen LogP contribution in [0.3, 0.4) is 0 Å². The summed E-state index contributed by atoms with van der Waals surface area (Å²) >= 11 is 1.75. The van der Waals surface area contributed by atoms with E-state index in [1.165, 1.54) is 10.4 Å². The van der Waals surface area contributed by atoms with Crippen LogP contribution in [0.25, 0.3) is 12.2 Å². The molecule has 1 N–H and O–H groups in total. The Bertz CT molecular complexity index is 426. The molecule has 2 heteroatoms. The van der Waals surface area contributed by atoms with E-state index in [0.717, 1.165) is 5.69 Å². The van der Waals surface area contributed by atoms with Crippen molar-refractivity contribution in [1.29, 1.82) is 0 Å². The maximum absolute atomic E-state index is 3.10. The lowest BCUT2D eigenvalue weighted by Gasteiger charge is -1.99. The molecule has 0 amide bonds. The molecular formula is C13H13NS. The molecule has 0 saturated heterocycles. The van der Waals surface area contributed by atoms with E-state index < -0.39 is 0 Å². The first kappa shape index (κ1) is 9.99. The van der Waals surface area contributed by atoms with E-state index >= 15 is 0 Å². The van der Waals surface area contributed by atoms with Gasteiger partial charge in [0.15, 0.2) is 0 Å². The first-order valence-corrected chi connectivity index (χ1v) is 5.76. The van der Waals surface area contributed by atoms with Crippen LogP contribution in [-0.2, 0) is 0 Å². The molecule has 0 aliphatic heterocycles. The third kappa shape index (κ3) is 2.70. The summed E-state index contributed by atoms with van der Waals surface area (Å²) in [6.07, 6.45) is 4.27. The average Bonchev–Trinajstić information content (AvgIpc) is 2.80. The van der Waals surface area contributed by atoms with Gasteiger partial charge in [-0.25, -0.2) is 0 Å². The molecule has 2 aromatic rings. The van der Waals surface area contributed by atoms with Gasteiger partial charge in [0, 0.05) is 17.6 Å². The van der Waals surface area contributed by atoms with Gasteiger partial charge < -0.3 is 5.32 Å². The molecule has 76 valence electrons. The monoisotopic (exact) mass is 215 g/mol. The SMILES string of the molecule is CNc1ccc(/C=C/c2cccs2)cc1. The van der Waals surface area contributed by atoms with Crippen molar-refractivity contribution in [3.63, 3.8) is 0 Å². The highest BCUT2D eigenvalue weighted by Crippen LogP contribution is 2.14. The lowest BCUT2D eigenvalue weighted by Crippen LogP contribution is -1.86. The summed E-state index contributed by atoms with van der Waals surface area (Å²) in [6, 6.07) is 12.5. The topological polar surface area (TPSA) is 12.0 Å². The van der Waals surface area contributed by atoms with Gasteiger partial charge in [-0.2, -0.15) is 0 Å². The number of anilines is 1. The van der Waals surface area contributed by atoms with Crippen LogP contribution in [0.15, 0.2) is 41.8 Å². The molecular weight excluding hydrogens is 202 g/mol. The summed E-state index contributed by atoms with van der Waals surface area (Å²) in [5, 5.41) is 5.19. The van der Waals surface area contributed by atoms with E-state index in [-0.39, 0.29) is 0 Å². The number of benzene rings is 1. The number of thiophene rings is 1. The van der Waals surface area contributed by atoms with Crippen LogP contribution in [0.1, 0.15) is 10.4 Å².